The van der Waals surface area contributed by atoms with Crippen LogP contribution in [0.15, 0.2) is 18.2 Å². The number of nitrogens with zero attached hydrogens (tertiary/aromatic N) is 1. The van der Waals surface area contributed by atoms with Gasteiger partial charge in [-0.1, -0.05) is 26.8 Å². The molecular formula is C16H28N2O. The second-order valence-electron chi connectivity index (χ2n) is 4.99. The molecule has 0 aliphatic heterocycles. The standard InChI is InChI=1S/C16H28N2O/c1-5-10-19-16-9-8-14(12-15(16)17)11-13(4)18(6-2)7-3/h8-9,12-13H,5-7,10-11,17H2,1-4H3. The molecule has 1 rings (SSSR count). The zero-order valence-electron chi connectivity index (χ0n) is 12.8. The minimum Gasteiger partial charge on any atom is -0.491 e. The lowest BCUT2D eigenvalue weighted by atomic mass is 10.0. The summed E-state index contributed by atoms with van der Waals surface area (Å²) in [7, 11) is 0. The van der Waals surface area contributed by atoms with Crippen LogP contribution in [-0.2, 0) is 6.42 Å². The third kappa shape index (κ3) is 4.75. The second-order valence-corrected chi connectivity index (χ2v) is 4.99. The maximum Gasteiger partial charge on any atom is 0.142 e. The minimum absolute atomic E-state index is 0.539. The Bertz CT molecular complexity index is 375. The van der Waals surface area contributed by atoms with Crippen LogP contribution in [0.2, 0.25) is 0 Å². The third-order valence-corrected chi connectivity index (χ3v) is 3.50. The van der Waals surface area contributed by atoms with Crippen molar-refractivity contribution in [2.75, 3.05) is 25.4 Å². The molecule has 0 radical (unpaired) electrons. The van der Waals surface area contributed by atoms with E-state index >= 15 is 0 Å². The van der Waals surface area contributed by atoms with E-state index in [1.54, 1.807) is 0 Å². The van der Waals surface area contributed by atoms with E-state index in [9.17, 15) is 0 Å². The van der Waals surface area contributed by atoms with Gasteiger partial charge in [-0.15, -0.1) is 0 Å². The van der Waals surface area contributed by atoms with Crippen molar-refractivity contribution < 1.29 is 4.74 Å². The number of hydrogen-bond donors (Lipinski definition) is 1. The van der Waals surface area contributed by atoms with Crippen LogP contribution in [-0.4, -0.2) is 30.6 Å². The molecule has 0 spiro atoms. The summed E-state index contributed by atoms with van der Waals surface area (Å²) in [4.78, 5) is 2.46. The Hall–Kier alpha value is -1.22. The quantitative estimate of drug-likeness (QED) is 0.732. The summed E-state index contributed by atoms with van der Waals surface area (Å²) < 4.78 is 5.60. The molecule has 1 atom stereocenters. The van der Waals surface area contributed by atoms with Crippen molar-refractivity contribution in [1.82, 2.24) is 4.90 Å². The average molecular weight is 264 g/mol. The molecule has 1 aromatic rings. The molecule has 108 valence electrons. The van der Waals surface area contributed by atoms with E-state index in [1.807, 2.05) is 12.1 Å². The summed E-state index contributed by atoms with van der Waals surface area (Å²) in [5.41, 5.74) is 8.07. The van der Waals surface area contributed by atoms with Gasteiger partial charge in [-0.2, -0.15) is 0 Å². The summed E-state index contributed by atoms with van der Waals surface area (Å²) in [5.74, 6) is 0.807. The smallest absolute Gasteiger partial charge is 0.142 e. The third-order valence-electron chi connectivity index (χ3n) is 3.50. The predicted molar refractivity (Wildman–Crippen MR) is 82.7 cm³/mol. The second kappa shape index (κ2) is 8.05. The molecule has 0 heterocycles. The molecular weight excluding hydrogens is 236 g/mol. The fraction of sp³-hybridized carbons (Fsp3) is 0.625. The van der Waals surface area contributed by atoms with E-state index in [2.05, 4.69) is 38.7 Å². The molecule has 0 aliphatic carbocycles. The molecule has 1 unspecified atom stereocenters. The molecule has 0 fully saturated rings. The number of nitrogen functional groups attached to an aromatic ring is 1. The topological polar surface area (TPSA) is 38.5 Å². The maximum atomic E-state index is 6.04. The van der Waals surface area contributed by atoms with Gasteiger partial charge in [0.25, 0.3) is 0 Å². The highest BCUT2D eigenvalue weighted by Gasteiger charge is 2.11. The predicted octanol–water partition coefficient (Wildman–Crippen LogP) is 3.33. The maximum absolute atomic E-state index is 6.04. The molecule has 0 aliphatic rings. The Kier molecular flexibility index (Phi) is 6.71. The van der Waals surface area contributed by atoms with E-state index in [1.165, 1.54) is 5.56 Å². The van der Waals surface area contributed by atoms with Gasteiger partial charge in [-0.25, -0.2) is 0 Å². The van der Waals surface area contributed by atoms with Gasteiger partial charge in [0.2, 0.25) is 0 Å². The molecule has 0 saturated carbocycles. The summed E-state index contributed by atoms with van der Waals surface area (Å²) in [6, 6.07) is 6.71. The number of hydrogen-bond acceptors (Lipinski definition) is 3. The SMILES string of the molecule is CCCOc1ccc(CC(C)N(CC)CC)cc1N. The monoisotopic (exact) mass is 264 g/mol. The Morgan fingerprint density at radius 3 is 2.42 bits per heavy atom. The Labute approximate surface area is 117 Å². The molecule has 0 bridgehead atoms. The minimum atomic E-state index is 0.539. The van der Waals surface area contributed by atoms with Crippen molar-refractivity contribution in [3.63, 3.8) is 0 Å². The molecule has 19 heavy (non-hydrogen) atoms. The molecule has 0 amide bonds. The first-order valence-electron chi connectivity index (χ1n) is 7.37. The average Bonchev–Trinajstić information content (AvgIpc) is 2.39. The van der Waals surface area contributed by atoms with Gasteiger partial charge in [0.1, 0.15) is 5.75 Å². The van der Waals surface area contributed by atoms with Gasteiger partial charge in [-0.05, 0) is 50.6 Å². The Morgan fingerprint density at radius 1 is 1.21 bits per heavy atom. The number of rotatable bonds is 8. The van der Waals surface area contributed by atoms with Gasteiger partial charge in [0, 0.05) is 6.04 Å². The zero-order valence-corrected chi connectivity index (χ0v) is 12.8. The van der Waals surface area contributed by atoms with E-state index < -0.39 is 0 Å². The number of benzene rings is 1. The molecule has 0 saturated heterocycles. The zero-order chi connectivity index (χ0) is 14.3. The lowest BCUT2D eigenvalue weighted by Crippen LogP contribution is -2.34. The Morgan fingerprint density at radius 2 is 1.89 bits per heavy atom. The van der Waals surface area contributed by atoms with Gasteiger partial charge in [0.15, 0.2) is 0 Å². The first-order valence-corrected chi connectivity index (χ1v) is 7.37. The highest BCUT2D eigenvalue weighted by atomic mass is 16.5. The van der Waals surface area contributed by atoms with Gasteiger partial charge in [-0.3, -0.25) is 0 Å². The lowest BCUT2D eigenvalue weighted by molar-refractivity contribution is 0.230. The van der Waals surface area contributed by atoms with Gasteiger partial charge in [0.05, 0.1) is 12.3 Å². The van der Waals surface area contributed by atoms with Crippen LogP contribution in [0.3, 0.4) is 0 Å². The summed E-state index contributed by atoms with van der Waals surface area (Å²) >= 11 is 0. The molecule has 1 aromatic carbocycles. The Balaban J connectivity index is 2.67. The van der Waals surface area contributed by atoms with Crippen molar-refractivity contribution in [2.45, 2.75) is 46.6 Å². The fourth-order valence-corrected chi connectivity index (χ4v) is 2.39. The summed E-state index contributed by atoms with van der Waals surface area (Å²) in [6.07, 6.45) is 2.03. The van der Waals surface area contributed by atoms with Crippen LogP contribution in [0.1, 0.15) is 39.7 Å². The molecule has 3 nitrogen and oxygen atoms in total. The van der Waals surface area contributed by atoms with Gasteiger partial charge >= 0.3 is 0 Å². The number of likely N-dealkylation sites (N-methyl/N-ethyl adjacent to an activating group) is 1. The van der Waals surface area contributed by atoms with Crippen molar-refractivity contribution >= 4 is 5.69 Å². The van der Waals surface area contributed by atoms with Crippen LogP contribution in [0.4, 0.5) is 5.69 Å². The molecule has 0 aromatic heterocycles. The lowest BCUT2D eigenvalue weighted by Gasteiger charge is -2.26. The summed E-state index contributed by atoms with van der Waals surface area (Å²) in [5, 5.41) is 0. The van der Waals surface area contributed by atoms with Crippen molar-refractivity contribution in [3.05, 3.63) is 23.8 Å². The van der Waals surface area contributed by atoms with Crippen molar-refractivity contribution in [1.29, 1.82) is 0 Å². The number of nitrogens with two attached hydrogens (primary N) is 1. The van der Waals surface area contributed by atoms with Gasteiger partial charge < -0.3 is 15.4 Å². The normalized spacial score (nSPS) is 12.7. The van der Waals surface area contributed by atoms with Crippen LogP contribution in [0.5, 0.6) is 5.75 Å². The van der Waals surface area contributed by atoms with E-state index in [0.29, 0.717) is 6.04 Å². The van der Waals surface area contributed by atoms with E-state index in [0.717, 1.165) is 44.0 Å². The first kappa shape index (κ1) is 15.8. The highest BCUT2D eigenvalue weighted by Crippen LogP contribution is 2.23. The first-order chi connectivity index (χ1) is 9.12. The molecule has 2 N–H and O–H groups in total. The van der Waals surface area contributed by atoms with Crippen molar-refractivity contribution in [3.8, 4) is 5.75 Å². The number of ether oxygens (including phenoxy) is 1. The van der Waals surface area contributed by atoms with Crippen LogP contribution < -0.4 is 10.5 Å². The largest absolute Gasteiger partial charge is 0.491 e. The van der Waals surface area contributed by atoms with E-state index in [-0.39, 0.29) is 0 Å². The number of anilines is 1. The summed E-state index contributed by atoms with van der Waals surface area (Å²) in [6.45, 7) is 11.7. The van der Waals surface area contributed by atoms with Crippen LogP contribution >= 0.6 is 0 Å². The fourth-order valence-electron chi connectivity index (χ4n) is 2.39. The highest BCUT2D eigenvalue weighted by molar-refractivity contribution is 5.54. The molecule has 3 heteroatoms. The van der Waals surface area contributed by atoms with Crippen molar-refractivity contribution in [2.24, 2.45) is 0 Å². The van der Waals surface area contributed by atoms with Crippen LogP contribution in [0.25, 0.3) is 0 Å². The van der Waals surface area contributed by atoms with E-state index in [4.69, 9.17) is 10.5 Å². The van der Waals surface area contributed by atoms with Crippen LogP contribution in [0, 0.1) is 0 Å².